The topological polar surface area (TPSA) is 50.9 Å². The molecular weight excluding hydrogens is 368 g/mol. The van der Waals surface area contributed by atoms with E-state index in [1.165, 1.54) is 6.07 Å². The summed E-state index contributed by atoms with van der Waals surface area (Å²) in [5.74, 6) is 5.13. The summed E-state index contributed by atoms with van der Waals surface area (Å²) in [6.07, 6.45) is 2.72. The lowest BCUT2D eigenvalue weighted by Gasteiger charge is -2.17. The normalized spacial score (nSPS) is 12.4. The van der Waals surface area contributed by atoms with Crippen molar-refractivity contribution in [2.75, 3.05) is 0 Å². The Morgan fingerprint density at radius 2 is 2.06 bits per heavy atom. The highest BCUT2D eigenvalue weighted by Gasteiger charge is 2.14. The maximum atomic E-state index is 13.2. The average molecular weight is 378 g/mol. The fraction of sp³-hybridized carbons (Fsp3) is 0.0833. The first-order valence-electron chi connectivity index (χ1n) is 5.13. The van der Waals surface area contributed by atoms with Crippen LogP contribution in [0.15, 0.2) is 36.7 Å². The van der Waals surface area contributed by atoms with Crippen molar-refractivity contribution < 1.29 is 4.39 Å². The fourth-order valence-corrected chi connectivity index (χ4v) is 2.19. The van der Waals surface area contributed by atoms with E-state index < -0.39 is 5.82 Å². The first-order valence-corrected chi connectivity index (χ1v) is 6.59. The van der Waals surface area contributed by atoms with Crippen molar-refractivity contribution in [3.8, 4) is 0 Å². The molecule has 0 aliphatic rings. The van der Waals surface area contributed by atoms with Crippen LogP contribution in [0.4, 0.5) is 4.39 Å². The standard InChI is InChI=1S/C12H10ClFIN3/c13-10-4-7(1-2-11(10)15)12(18-16)8-3-9(14)6-17-5-8/h1-6,12,18H,16H2. The van der Waals surface area contributed by atoms with Crippen molar-refractivity contribution >= 4 is 34.2 Å². The Hall–Kier alpha value is -0.760. The zero-order chi connectivity index (χ0) is 13.1. The van der Waals surface area contributed by atoms with Crippen LogP contribution in [0.1, 0.15) is 17.2 Å². The van der Waals surface area contributed by atoms with Crippen molar-refractivity contribution in [1.29, 1.82) is 0 Å². The lowest BCUT2D eigenvalue weighted by atomic mass is 10.0. The third-order valence-corrected chi connectivity index (χ3v) is 4.08. The fourth-order valence-electron chi connectivity index (χ4n) is 1.66. The van der Waals surface area contributed by atoms with Gasteiger partial charge in [0.15, 0.2) is 0 Å². The van der Waals surface area contributed by atoms with Gasteiger partial charge in [-0.1, -0.05) is 17.7 Å². The number of hydrazine groups is 1. The van der Waals surface area contributed by atoms with E-state index >= 15 is 0 Å². The van der Waals surface area contributed by atoms with E-state index in [0.29, 0.717) is 10.6 Å². The number of nitrogens with two attached hydrogens (primary N) is 1. The molecule has 0 amide bonds. The smallest absolute Gasteiger partial charge is 0.141 e. The van der Waals surface area contributed by atoms with Gasteiger partial charge in [-0.25, -0.2) is 9.82 Å². The van der Waals surface area contributed by atoms with Crippen LogP contribution >= 0.6 is 34.2 Å². The van der Waals surface area contributed by atoms with Gasteiger partial charge in [0, 0.05) is 9.77 Å². The summed E-state index contributed by atoms with van der Waals surface area (Å²) in [6.45, 7) is 0. The molecule has 0 aliphatic heterocycles. The van der Waals surface area contributed by atoms with E-state index in [4.69, 9.17) is 17.4 Å². The average Bonchev–Trinajstić information content (AvgIpc) is 2.35. The van der Waals surface area contributed by atoms with Gasteiger partial charge in [0.05, 0.1) is 17.3 Å². The van der Waals surface area contributed by atoms with Crippen LogP contribution in [0.3, 0.4) is 0 Å². The first kappa shape index (κ1) is 13.7. The summed E-state index contributed by atoms with van der Waals surface area (Å²) in [5.41, 5.74) is 4.15. The molecule has 0 saturated carbocycles. The molecule has 3 N–H and O–H groups in total. The Bertz CT molecular complexity index is 565. The molecule has 18 heavy (non-hydrogen) atoms. The van der Waals surface area contributed by atoms with E-state index in [1.54, 1.807) is 12.3 Å². The predicted octanol–water partition coefficient (Wildman–Crippen LogP) is 3.03. The third kappa shape index (κ3) is 2.97. The van der Waals surface area contributed by atoms with Crippen LogP contribution in [0, 0.1) is 9.39 Å². The molecule has 0 fully saturated rings. The zero-order valence-electron chi connectivity index (χ0n) is 9.20. The molecule has 1 aromatic carbocycles. The number of benzene rings is 1. The molecule has 1 heterocycles. The van der Waals surface area contributed by atoms with E-state index in [0.717, 1.165) is 15.3 Å². The zero-order valence-corrected chi connectivity index (χ0v) is 12.1. The van der Waals surface area contributed by atoms with Crippen LogP contribution in [-0.2, 0) is 0 Å². The van der Waals surface area contributed by atoms with Crippen molar-refractivity contribution in [3.63, 3.8) is 0 Å². The largest absolute Gasteiger partial charge is 0.271 e. The van der Waals surface area contributed by atoms with Crippen LogP contribution in [0.25, 0.3) is 0 Å². The number of nitrogens with one attached hydrogen (secondary N) is 1. The second kappa shape index (κ2) is 5.92. The summed E-state index contributed by atoms with van der Waals surface area (Å²) < 4.78 is 14.1. The van der Waals surface area contributed by atoms with Gasteiger partial charge in [-0.15, -0.1) is 0 Å². The minimum atomic E-state index is -0.399. The van der Waals surface area contributed by atoms with Crippen LogP contribution in [-0.4, -0.2) is 4.98 Å². The maximum Gasteiger partial charge on any atom is 0.141 e. The molecule has 6 heteroatoms. The molecule has 1 aromatic heterocycles. The van der Waals surface area contributed by atoms with Crippen molar-refractivity contribution in [1.82, 2.24) is 10.4 Å². The Kier molecular flexibility index (Phi) is 4.50. The van der Waals surface area contributed by atoms with Crippen LogP contribution in [0.2, 0.25) is 5.02 Å². The molecule has 3 nitrogen and oxygen atoms in total. The first-order chi connectivity index (χ1) is 8.61. The van der Waals surface area contributed by atoms with Gasteiger partial charge < -0.3 is 0 Å². The minimum Gasteiger partial charge on any atom is -0.271 e. The number of halogens is 3. The van der Waals surface area contributed by atoms with Crippen LogP contribution in [0.5, 0.6) is 0 Å². The molecule has 0 saturated heterocycles. The Morgan fingerprint density at radius 1 is 1.28 bits per heavy atom. The molecule has 0 aliphatic carbocycles. The SMILES string of the molecule is NNC(c1cncc(F)c1)c1ccc(I)c(Cl)c1. The number of rotatable bonds is 3. The minimum absolute atomic E-state index is 0.345. The van der Waals surface area contributed by atoms with E-state index in [-0.39, 0.29) is 6.04 Å². The molecule has 0 radical (unpaired) electrons. The Balaban J connectivity index is 2.42. The second-order valence-corrected chi connectivity index (χ2v) is 5.28. The molecule has 2 rings (SSSR count). The summed E-state index contributed by atoms with van der Waals surface area (Å²) >= 11 is 8.21. The molecule has 1 atom stereocenters. The van der Waals surface area contributed by atoms with Crippen molar-refractivity contribution in [2.45, 2.75) is 6.04 Å². The van der Waals surface area contributed by atoms with Gasteiger partial charge in [0.2, 0.25) is 0 Å². The molecule has 0 bridgehead atoms. The third-order valence-electron chi connectivity index (χ3n) is 2.50. The maximum absolute atomic E-state index is 13.2. The molecular formula is C12H10ClFIN3. The number of nitrogens with zero attached hydrogens (tertiary/aromatic N) is 1. The number of hydrogen-bond donors (Lipinski definition) is 2. The van der Waals surface area contributed by atoms with E-state index in [2.05, 4.69) is 33.0 Å². The Labute approximate surface area is 123 Å². The highest BCUT2D eigenvalue weighted by atomic mass is 127. The summed E-state index contributed by atoms with van der Waals surface area (Å²) in [5, 5.41) is 0.637. The van der Waals surface area contributed by atoms with Crippen LogP contribution < -0.4 is 11.3 Å². The quantitative estimate of drug-likeness (QED) is 0.491. The van der Waals surface area contributed by atoms with Crippen molar-refractivity contribution in [3.05, 3.63) is 62.2 Å². The van der Waals surface area contributed by atoms with Crippen molar-refractivity contribution in [2.24, 2.45) is 5.84 Å². The highest BCUT2D eigenvalue weighted by Crippen LogP contribution is 2.26. The lowest BCUT2D eigenvalue weighted by Crippen LogP contribution is -2.29. The van der Waals surface area contributed by atoms with Gasteiger partial charge in [-0.3, -0.25) is 10.8 Å². The Morgan fingerprint density at radius 3 is 2.67 bits per heavy atom. The van der Waals surface area contributed by atoms with Gasteiger partial charge in [-0.2, -0.15) is 0 Å². The van der Waals surface area contributed by atoms with Gasteiger partial charge in [0.1, 0.15) is 5.82 Å². The second-order valence-electron chi connectivity index (χ2n) is 3.71. The number of pyridine rings is 1. The van der Waals surface area contributed by atoms with E-state index in [9.17, 15) is 4.39 Å². The van der Waals surface area contributed by atoms with E-state index in [1.807, 2.05) is 12.1 Å². The molecule has 94 valence electrons. The lowest BCUT2D eigenvalue weighted by molar-refractivity contribution is 0.598. The number of hydrogen-bond acceptors (Lipinski definition) is 3. The predicted molar refractivity (Wildman–Crippen MR) is 77.5 cm³/mol. The van der Waals surface area contributed by atoms with Gasteiger partial charge >= 0.3 is 0 Å². The molecule has 2 aromatic rings. The molecule has 0 spiro atoms. The van der Waals surface area contributed by atoms with Gasteiger partial charge in [0.25, 0.3) is 0 Å². The number of aromatic nitrogens is 1. The summed E-state index contributed by atoms with van der Waals surface area (Å²) in [7, 11) is 0. The molecule has 1 unspecified atom stereocenters. The summed E-state index contributed by atoms with van der Waals surface area (Å²) in [4.78, 5) is 3.81. The monoisotopic (exact) mass is 377 g/mol. The highest BCUT2D eigenvalue weighted by molar-refractivity contribution is 14.1. The summed E-state index contributed by atoms with van der Waals surface area (Å²) in [6, 6.07) is 6.63. The van der Waals surface area contributed by atoms with Gasteiger partial charge in [-0.05, 0) is 51.9 Å².